The maximum Gasteiger partial charge on any atom is 0.0700 e. The third-order valence-corrected chi connectivity index (χ3v) is 2.53. The number of nitrogens with one attached hydrogen (secondary N) is 1. The third-order valence-electron chi connectivity index (χ3n) is 2.53. The molecule has 0 saturated carbocycles. The summed E-state index contributed by atoms with van der Waals surface area (Å²) < 4.78 is 10.3. The minimum Gasteiger partial charge on any atom is -0.382 e. The Morgan fingerprint density at radius 2 is 2.00 bits per heavy atom. The van der Waals surface area contributed by atoms with Crippen molar-refractivity contribution in [3.05, 3.63) is 36.0 Å². The standard InChI is InChI=1S/C13H17NO2/c1-15-8-9-16-7-6-12-10-11-4-2-3-5-13(11)14-12/h2-5,10,14H,6-9H2,1H3. The largest absolute Gasteiger partial charge is 0.382 e. The van der Waals surface area contributed by atoms with Crippen LogP contribution in [0, 0.1) is 0 Å². The van der Waals surface area contributed by atoms with E-state index >= 15 is 0 Å². The summed E-state index contributed by atoms with van der Waals surface area (Å²) in [5.41, 5.74) is 2.41. The van der Waals surface area contributed by atoms with Gasteiger partial charge in [-0.2, -0.15) is 0 Å². The first kappa shape index (κ1) is 11.2. The second kappa shape index (κ2) is 5.68. The molecule has 0 spiro atoms. The summed E-state index contributed by atoms with van der Waals surface area (Å²) in [5.74, 6) is 0. The van der Waals surface area contributed by atoms with Gasteiger partial charge in [-0.25, -0.2) is 0 Å². The lowest BCUT2D eigenvalue weighted by atomic mass is 10.2. The highest BCUT2D eigenvalue weighted by Crippen LogP contribution is 2.14. The Balaban J connectivity index is 1.85. The van der Waals surface area contributed by atoms with Crippen LogP contribution in [0.25, 0.3) is 10.9 Å². The number of benzene rings is 1. The van der Waals surface area contributed by atoms with Gasteiger partial charge in [-0.15, -0.1) is 0 Å². The van der Waals surface area contributed by atoms with Gasteiger partial charge in [0.1, 0.15) is 0 Å². The molecule has 0 fully saturated rings. The van der Waals surface area contributed by atoms with Crippen LogP contribution in [0.1, 0.15) is 5.69 Å². The van der Waals surface area contributed by atoms with Crippen LogP contribution in [-0.4, -0.2) is 31.9 Å². The zero-order chi connectivity index (χ0) is 11.2. The first-order chi connectivity index (χ1) is 7.90. The lowest BCUT2D eigenvalue weighted by Gasteiger charge is -2.01. The average molecular weight is 219 g/mol. The van der Waals surface area contributed by atoms with Gasteiger partial charge in [0.2, 0.25) is 0 Å². The van der Waals surface area contributed by atoms with Crippen molar-refractivity contribution in [2.45, 2.75) is 6.42 Å². The summed E-state index contributed by atoms with van der Waals surface area (Å²) in [5, 5.41) is 1.26. The van der Waals surface area contributed by atoms with Crippen molar-refractivity contribution in [1.82, 2.24) is 4.98 Å². The molecule has 2 aromatic rings. The number of aromatic amines is 1. The summed E-state index contributed by atoms with van der Waals surface area (Å²) in [6.45, 7) is 2.06. The molecular weight excluding hydrogens is 202 g/mol. The van der Waals surface area contributed by atoms with Gasteiger partial charge in [0.15, 0.2) is 0 Å². The predicted molar refractivity (Wildman–Crippen MR) is 64.7 cm³/mol. The second-order valence-corrected chi connectivity index (χ2v) is 3.74. The van der Waals surface area contributed by atoms with E-state index in [0.29, 0.717) is 13.2 Å². The molecule has 0 radical (unpaired) electrons. The van der Waals surface area contributed by atoms with Crippen molar-refractivity contribution in [3.63, 3.8) is 0 Å². The van der Waals surface area contributed by atoms with Crippen LogP contribution in [0.2, 0.25) is 0 Å². The molecule has 0 aliphatic heterocycles. The fourth-order valence-corrected chi connectivity index (χ4v) is 1.69. The molecule has 1 N–H and O–H groups in total. The van der Waals surface area contributed by atoms with Gasteiger partial charge in [0.05, 0.1) is 19.8 Å². The van der Waals surface area contributed by atoms with E-state index in [-0.39, 0.29) is 0 Å². The summed E-state index contributed by atoms with van der Waals surface area (Å²) in [4.78, 5) is 3.38. The normalized spacial score (nSPS) is 11.1. The van der Waals surface area contributed by atoms with Gasteiger partial charge in [-0.1, -0.05) is 18.2 Å². The van der Waals surface area contributed by atoms with Crippen molar-refractivity contribution >= 4 is 10.9 Å². The third kappa shape index (κ3) is 2.84. The first-order valence-electron chi connectivity index (χ1n) is 5.53. The highest BCUT2D eigenvalue weighted by Gasteiger charge is 1.99. The molecule has 1 aromatic heterocycles. The summed E-state index contributed by atoms with van der Waals surface area (Å²) >= 11 is 0. The number of para-hydroxylation sites is 1. The van der Waals surface area contributed by atoms with Gasteiger partial charge >= 0.3 is 0 Å². The molecule has 3 heteroatoms. The van der Waals surface area contributed by atoms with E-state index < -0.39 is 0 Å². The van der Waals surface area contributed by atoms with Gasteiger partial charge in [-0.3, -0.25) is 0 Å². The maximum absolute atomic E-state index is 5.43. The van der Waals surface area contributed by atoms with Crippen LogP contribution in [0.5, 0.6) is 0 Å². The Labute approximate surface area is 95.4 Å². The van der Waals surface area contributed by atoms with Crippen molar-refractivity contribution in [2.24, 2.45) is 0 Å². The van der Waals surface area contributed by atoms with Gasteiger partial charge in [0.25, 0.3) is 0 Å². The van der Waals surface area contributed by atoms with E-state index in [2.05, 4.69) is 29.2 Å². The van der Waals surface area contributed by atoms with Gasteiger partial charge in [0, 0.05) is 24.7 Å². The van der Waals surface area contributed by atoms with E-state index in [1.807, 2.05) is 6.07 Å². The molecule has 1 heterocycles. The van der Waals surface area contributed by atoms with E-state index in [0.717, 1.165) is 13.0 Å². The summed E-state index contributed by atoms with van der Waals surface area (Å²) in [7, 11) is 1.68. The van der Waals surface area contributed by atoms with Crippen LogP contribution in [-0.2, 0) is 15.9 Å². The molecule has 0 aliphatic carbocycles. The first-order valence-corrected chi connectivity index (χ1v) is 5.53. The molecule has 1 aromatic carbocycles. The molecule has 86 valence electrons. The second-order valence-electron chi connectivity index (χ2n) is 3.74. The van der Waals surface area contributed by atoms with E-state index in [4.69, 9.17) is 9.47 Å². The van der Waals surface area contributed by atoms with Crippen molar-refractivity contribution in [2.75, 3.05) is 26.9 Å². The molecule has 2 rings (SSSR count). The van der Waals surface area contributed by atoms with Crippen molar-refractivity contribution in [3.8, 4) is 0 Å². The predicted octanol–water partition coefficient (Wildman–Crippen LogP) is 2.37. The number of methoxy groups -OCH3 is 1. The Morgan fingerprint density at radius 1 is 1.12 bits per heavy atom. The van der Waals surface area contributed by atoms with Gasteiger partial charge < -0.3 is 14.5 Å². The molecule has 3 nitrogen and oxygen atoms in total. The zero-order valence-corrected chi connectivity index (χ0v) is 9.53. The number of hydrogen-bond donors (Lipinski definition) is 1. The van der Waals surface area contributed by atoms with Crippen LogP contribution in [0.4, 0.5) is 0 Å². The molecule has 0 atom stereocenters. The monoisotopic (exact) mass is 219 g/mol. The fraction of sp³-hybridized carbons (Fsp3) is 0.385. The summed E-state index contributed by atoms with van der Waals surface area (Å²) in [6, 6.07) is 10.5. The highest BCUT2D eigenvalue weighted by molar-refractivity contribution is 5.80. The Kier molecular flexibility index (Phi) is 3.97. The molecule has 0 unspecified atom stereocenters. The molecule has 0 amide bonds. The minimum absolute atomic E-state index is 0.659. The topological polar surface area (TPSA) is 34.2 Å². The van der Waals surface area contributed by atoms with E-state index in [1.165, 1.54) is 16.6 Å². The SMILES string of the molecule is COCCOCCc1cc2ccccc2[nH]1. The fourth-order valence-electron chi connectivity index (χ4n) is 1.69. The number of fused-ring (bicyclic) bond motifs is 1. The van der Waals surface area contributed by atoms with Crippen LogP contribution >= 0.6 is 0 Å². The Morgan fingerprint density at radius 3 is 2.81 bits per heavy atom. The van der Waals surface area contributed by atoms with Crippen molar-refractivity contribution in [1.29, 1.82) is 0 Å². The molecule has 0 aliphatic rings. The lowest BCUT2D eigenvalue weighted by Crippen LogP contribution is -2.04. The van der Waals surface area contributed by atoms with Crippen LogP contribution < -0.4 is 0 Å². The molecular formula is C13H17NO2. The van der Waals surface area contributed by atoms with E-state index in [1.54, 1.807) is 7.11 Å². The Hall–Kier alpha value is -1.32. The number of hydrogen-bond acceptors (Lipinski definition) is 2. The number of ether oxygens (including phenoxy) is 2. The lowest BCUT2D eigenvalue weighted by molar-refractivity contribution is 0.0720. The van der Waals surface area contributed by atoms with Crippen LogP contribution in [0.15, 0.2) is 30.3 Å². The minimum atomic E-state index is 0.659. The number of rotatable bonds is 6. The smallest absolute Gasteiger partial charge is 0.0700 e. The number of H-pyrrole nitrogens is 1. The Bertz CT molecular complexity index is 403. The molecule has 0 bridgehead atoms. The van der Waals surface area contributed by atoms with Crippen LogP contribution in [0.3, 0.4) is 0 Å². The molecule has 0 saturated heterocycles. The zero-order valence-electron chi connectivity index (χ0n) is 9.53. The quantitative estimate of drug-likeness (QED) is 0.757. The maximum atomic E-state index is 5.43. The molecule has 16 heavy (non-hydrogen) atoms. The van der Waals surface area contributed by atoms with Gasteiger partial charge in [-0.05, 0) is 17.5 Å². The summed E-state index contributed by atoms with van der Waals surface area (Å²) in [6.07, 6.45) is 0.915. The number of aromatic nitrogens is 1. The highest BCUT2D eigenvalue weighted by atomic mass is 16.5. The van der Waals surface area contributed by atoms with E-state index in [9.17, 15) is 0 Å². The van der Waals surface area contributed by atoms with Crippen molar-refractivity contribution < 1.29 is 9.47 Å². The average Bonchev–Trinajstić information content (AvgIpc) is 2.71.